The second-order valence-electron chi connectivity index (χ2n) is 4.44. The van der Waals surface area contributed by atoms with E-state index in [0.717, 1.165) is 13.0 Å². The van der Waals surface area contributed by atoms with Crippen molar-refractivity contribution in [2.24, 2.45) is 0 Å². The Hall–Kier alpha value is -1.84. The van der Waals surface area contributed by atoms with Crippen LogP contribution < -0.4 is 10.0 Å². The van der Waals surface area contributed by atoms with E-state index in [9.17, 15) is 8.42 Å². The molecule has 9 heteroatoms. The lowest BCUT2D eigenvalue weighted by molar-refractivity contribution is 0.560. The number of sulfonamides is 1. The summed E-state index contributed by atoms with van der Waals surface area (Å²) in [5.74, 6) is 0. The van der Waals surface area contributed by atoms with Crippen LogP contribution in [0.2, 0.25) is 0 Å². The third-order valence-corrected chi connectivity index (χ3v) is 4.16. The van der Waals surface area contributed by atoms with Gasteiger partial charge in [0.2, 0.25) is 10.0 Å². The number of hydrogen-bond acceptors (Lipinski definition) is 6. The Balaban J connectivity index is 1.96. The average Bonchev–Trinajstić information content (AvgIpc) is 2.96. The molecule has 114 valence electrons. The normalized spacial score (nSPS) is 11.7. The van der Waals surface area contributed by atoms with Crippen molar-refractivity contribution >= 4 is 10.0 Å². The third kappa shape index (κ3) is 4.59. The summed E-state index contributed by atoms with van der Waals surface area (Å²) < 4.78 is 28.3. The summed E-state index contributed by atoms with van der Waals surface area (Å²) in [4.78, 5) is 0.149. The molecule has 0 bridgehead atoms. The van der Waals surface area contributed by atoms with Gasteiger partial charge in [-0.25, -0.2) is 13.1 Å². The molecular weight excluding hydrogens is 292 g/mol. The van der Waals surface area contributed by atoms with Gasteiger partial charge in [-0.15, -0.1) is 0 Å². The summed E-state index contributed by atoms with van der Waals surface area (Å²) in [6.07, 6.45) is 5.28. The second-order valence-corrected chi connectivity index (χ2v) is 6.20. The molecule has 0 saturated heterocycles. The van der Waals surface area contributed by atoms with Gasteiger partial charge in [0, 0.05) is 18.9 Å². The van der Waals surface area contributed by atoms with Crippen LogP contribution in [0.25, 0.3) is 0 Å². The summed E-state index contributed by atoms with van der Waals surface area (Å²) in [6, 6.07) is 3.41. The Bertz CT molecular complexity index is 655. The molecule has 0 atom stereocenters. The van der Waals surface area contributed by atoms with Gasteiger partial charge < -0.3 is 5.32 Å². The molecule has 0 aliphatic heterocycles. The van der Waals surface area contributed by atoms with Crippen molar-refractivity contribution in [1.82, 2.24) is 30.0 Å². The van der Waals surface area contributed by atoms with E-state index in [4.69, 9.17) is 0 Å². The maximum atomic E-state index is 12.1. The van der Waals surface area contributed by atoms with Crippen LogP contribution in [0.3, 0.4) is 0 Å². The Kier molecular flexibility index (Phi) is 5.37. The van der Waals surface area contributed by atoms with Gasteiger partial charge in [-0.1, -0.05) is 0 Å². The van der Waals surface area contributed by atoms with Crippen molar-refractivity contribution < 1.29 is 8.42 Å². The first-order valence-corrected chi connectivity index (χ1v) is 8.03. The molecule has 0 aliphatic carbocycles. The lowest BCUT2D eigenvalue weighted by Gasteiger charge is -2.03. The monoisotopic (exact) mass is 310 g/mol. The maximum absolute atomic E-state index is 12.1. The second kappa shape index (κ2) is 7.25. The van der Waals surface area contributed by atoms with Crippen molar-refractivity contribution in [3.8, 4) is 0 Å². The number of nitrogens with one attached hydrogen (secondary N) is 2. The molecule has 2 heterocycles. The van der Waals surface area contributed by atoms with Gasteiger partial charge in [-0.2, -0.15) is 15.3 Å². The van der Waals surface area contributed by atoms with E-state index in [0.29, 0.717) is 12.2 Å². The Morgan fingerprint density at radius 1 is 1.38 bits per heavy atom. The van der Waals surface area contributed by atoms with E-state index in [1.54, 1.807) is 16.8 Å². The van der Waals surface area contributed by atoms with Gasteiger partial charge in [-0.3, -0.25) is 4.68 Å². The minimum absolute atomic E-state index is 0.0983. The third-order valence-electron chi connectivity index (χ3n) is 2.80. The predicted octanol–water partition coefficient (Wildman–Crippen LogP) is -0.239. The average molecular weight is 310 g/mol. The quantitative estimate of drug-likeness (QED) is 0.653. The molecule has 2 aromatic rings. The summed E-state index contributed by atoms with van der Waals surface area (Å²) in [7, 11) is -1.71. The van der Waals surface area contributed by atoms with E-state index in [2.05, 4.69) is 25.3 Å². The van der Waals surface area contributed by atoms with Crippen LogP contribution in [-0.4, -0.2) is 42.0 Å². The first kappa shape index (κ1) is 15.5. The fourth-order valence-corrected chi connectivity index (χ4v) is 2.65. The van der Waals surface area contributed by atoms with Crippen molar-refractivity contribution in [2.45, 2.75) is 24.4 Å². The van der Waals surface area contributed by atoms with Crippen LogP contribution in [0.5, 0.6) is 0 Å². The zero-order valence-electron chi connectivity index (χ0n) is 11.7. The summed E-state index contributed by atoms with van der Waals surface area (Å²) in [5.41, 5.74) is 0.558. The van der Waals surface area contributed by atoms with Gasteiger partial charge in [-0.05, 0) is 32.1 Å². The highest BCUT2D eigenvalue weighted by molar-refractivity contribution is 7.89. The molecule has 2 rings (SSSR count). The molecule has 0 amide bonds. The first-order chi connectivity index (χ1) is 10.1. The van der Waals surface area contributed by atoms with Gasteiger partial charge in [0.15, 0.2) is 0 Å². The lowest BCUT2D eigenvalue weighted by Crippen LogP contribution is -2.23. The minimum Gasteiger partial charge on any atom is -0.320 e. The topological polar surface area (TPSA) is 102 Å². The van der Waals surface area contributed by atoms with Crippen molar-refractivity contribution in [2.75, 3.05) is 13.6 Å². The van der Waals surface area contributed by atoms with Crippen LogP contribution in [0.1, 0.15) is 12.1 Å². The number of aromatic nitrogens is 4. The number of rotatable bonds is 8. The molecular formula is C12H18N6O2S. The Morgan fingerprint density at radius 3 is 2.95 bits per heavy atom. The molecule has 0 aliphatic rings. The van der Waals surface area contributed by atoms with Gasteiger partial charge in [0.1, 0.15) is 4.90 Å². The van der Waals surface area contributed by atoms with E-state index in [1.807, 2.05) is 7.05 Å². The molecule has 2 aromatic heterocycles. The van der Waals surface area contributed by atoms with Crippen LogP contribution in [0.4, 0.5) is 0 Å². The van der Waals surface area contributed by atoms with Gasteiger partial charge in [0.05, 0.1) is 18.4 Å². The highest BCUT2D eigenvalue weighted by atomic mass is 32.2. The highest BCUT2D eigenvalue weighted by Gasteiger charge is 2.16. The Labute approximate surface area is 123 Å². The highest BCUT2D eigenvalue weighted by Crippen LogP contribution is 2.08. The molecule has 8 nitrogen and oxygen atoms in total. The van der Waals surface area contributed by atoms with E-state index in [-0.39, 0.29) is 11.4 Å². The lowest BCUT2D eigenvalue weighted by atomic mass is 10.4. The van der Waals surface area contributed by atoms with Crippen molar-refractivity contribution in [3.63, 3.8) is 0 Å². The molecule has 21 heavy (non-hydrogen) atoms. The molecule has 0 saturated carbocycles. The molecule has 0 unspecified atom stereocenters. The maximum Gasteiger partial charge on any atom is 0.244 e. The van der Waals surface area contributed by atoms with Crippen LogP contribution in [-0.2, 0) is 23.1 Å². The Morgan fingerprint density at radius 2 is 2.24 bits per heavy atom. The van der Waals surface area contributed by atoms with Crippen LogP contribution >= 0.6 is 0 Å². The zero-order valence-corrected chi connectivity index (χ0v) is 12.5. The van der Waals surface area contributed by atoms with Crippen molar-refractivity contribution in [3.05, 3.63) is 36.4 Å². The zero-order chi connectivity index (χ0) is 15.1. The summed E-state index contributed by atoms with van der Waals surface area (Å²) in [6.45, 7) is 1.62. The number of nitrogens with zero attached hydrogens (tertiary/aromatic N) is 4. The fraction of sp³-hybridized carbons (Fsp3) is 0.417. The SMILES string of the molecule is CNCCCn1cc(S(=O)(=O)NCc2cccnn2)cn1. The first-order valence-electron chi connectivity index (χ1n) is 6.55. The van der Waals surface area contributed by atoms with Crippen molar-refractivity contribution in [1.29, 1.82) is 0 Å². The van der Waals surface area contributed by atoms with E-state index >= 15 is 0 Å². The number of hydrogen-bond donors (Lipinski definition) is 2. The molecule has 0 fully saturated rings. The molecule has 0 radical (unpaired) electrons. The summed E-state index contributed by atoms with van der Waals surface area (Å²) >= 11 is 0. The van der Waals surface area contributed by atoms with E-state index < -0.39 is 10.0 Å². The largest absolute Gasteiger partial charge is 0.320 e. The summed E-state index contributed by atoms with van der Waals surface area (Å²) in [5, 5.41) is 14.6. The smallest absolute Gasteiger partial charge is 0.244 e. The van der Waals surface area contributed by atoms with E-state index in [1.165, 1.54) is 18.6 Å². The number of aryl methyl sites for hydroxylation is 1. The molecule has 0 spiro atoms. The van der Waals surface area contributed by atoms with Gasteiger partial charge >= 0.3 is 0 Å². The minimum atomic E-state index is -3.58. The molecule has 0 aromatic carbocycles. The van der Waals surface area contributed by atoms with Gasteiger partial charge in [0.25, 0.3) is 0 Å². The standard InChI is InChI=1S/C12H18N6O2S/c1-13-5-3-7-18-10-12(9-15-18)21(19,20)16-8-11-4-2-6-14-17-11/h2,4,6,9-10,13,16H,3,5,7-8H2,1H3. The molecule has 2 N–H and O–H groups in total. The fourth-order valence-electron chi connectivity index (χ4n) is 1.70. The predicted molar refractivity (Wildman–Crippen MR) is 76.8 cm³/mol. The van der Waals surface area contributed by atoms with Crippen LogP contribution in [0.15, 0.2) is 35.6 Å². The van der Waals surface area contributed by atoms with Crippen LogP contribution in [0, 0.1) is 0 Å².